The van der Waals surface area contributed by atoms with E-state index in [9.17, 15) is 8.42 Å². The van der Waals surface area contributed by atoms with Gasteiger partial charge in [0.1, 0.15) is 0 Å². The second-order valence-corrected chi connectivity index (χ2v) is 10.7. The SMILES string of the molecule is CCN(CC)S(=O)(=O)c1ccc(N2CCCC2)c(NC(=S)Nc2c(C)cc(C)cc2Cl)c1. The Morgan fingerprint density at radius 3 is 2.34 bits per heavy atom. The van der Waals surface area contributed by atoms with Gasteiger partial charge in [-0.15, -0.1) is 0 Å². The van der Waals surface area contributed by atoms with Gasteiger partial charge in [0.2, 0.25) is 10.0 Å². The van der Waals surface area contributed by atoms with Crippen LogP contribution in [0.4, 0.5) is 17.1 Å². The summed E-state index contributed by atoms with van der Waals surface area (Å²) in [5.74, 6) is 0. The van der Waals surface area contributed by atoms with Crippen LogP contribution in [-0.2, 0) is 10.0 Å². The monoisotopic (exact) mass is 494 g/mol. The zero-order chi connectivity index (χ0) is 23.5. The van der Waals surface area contributed by atoms with E-state index in [0.717, 1.165) is 48.4 Å². The van der Waals surface area contributed by atoms with Crippen LogP contribution in [0.25, 0.3) is 0 Å². The first-order chi connectivity index (χ1) is 15.2. The van der Waals surface area contributed by atoms with Crippen molar-refractivity contribution < 1.29 is 8.42 Å². The lowest BCUT2D eigenvalue weighted by molar-refractivity contribution is 0.445. The fourth-order valence-corrected chi connectivity index (χ4v) is 6.13. The predicted molar refractivity (Wildman–Crippen MR) is 139 cm³/mol. The molecule has 9 heteroatoms. The maximum atomic E-state index is 13.1. The Morgan fingerprint density at radius 1 is 1.09 bits per heavy atom. The molecule has 1 saturated heterocycles. The fourth-order valence-electron chi connectivity index (χ4n) is 4.06. The summed E-state index contributed by atoms with van der Waals surface area (Å²) in [5.41, 5.74) is 4.40. The number of sulfonamides is 1. The number of aryl methyl sites for hydroxylation is 2. The Bertz CT molecular complexity index is 1070. The van der Waals surface area contributed by atoms with Gasteiger partial charge in [-0.05, 0) is 74.3 Å². The molecule has 2 N–H and O–H groups in total. The molecule has 0 aromatic heterocycles. The van der Waals surface area contributed by atoms with Crippen molar-refractivity contribution >= 4 is 56.0 Å². The topological polar surface area (TPSA) is 64.7 Å². The van der Waals surface area contributed by atoms with E-state index in [1.807, 2.05) is 45.9 Å². The lowest BCUT2D eigenvalue weighted by atomic mass is 10.1. The van der Waals surface area contributed by atoms with Gasteiger partial charge in [0.25, 0.3) is 0 Å². The summed E-state index contributed by atoms with van der Waals surface area (Å²) in [7, 11) is -3.59. The fraction of sp³-hybridized carbons (Fsp3) is 0.435. The first kappa shape index (κ1) is 24.8. The summed E-state index contributed by atoms with van der Waals surface area (Å²) < 4.78 is 27.6. The third-order valence-corrected chi connectivity index (χ3v) is 8.22. The summed E-state index contributed by atoms with van der Waals surface area (Å²) in [4.78, 5) is 2.50. The lowest BCUT2D eigenvalue weighted by Crippen LogP contribution is -2.31. The zero-order valence-electron chi connectivity index (χ0n) is 19.0. The summed E-state index contributed by atoms with van der Waals surface area (Å²) in [6.45, 7) is 10.3. The van der Waals surface area contributed by atoms with Gasteiger partial charge in [0, 0.05) is 26.2 Å². The predicted octanol–water partition coefficient (Wildman–Crippen LogP) is 5.40. The van der Waals surface area contributed by atoms with Crippen LogP contribution in [-0.4, -0.2) is 44.0 Å². The molecule has 3 rings (SSSR count). The van der Waals surface area contributed by atoms with Crippen molar-refractivity contribution in [3.8, 4) is 0 Å². The van der Waals surface area contributed by atoms with E-state index in [1.165, 1.54) is 4.31 Å². The highest BCUT2D eigenvalue weighted by atomic mass is 35.5. The van der Waals surface area contributed by atoms with E-state index >= 15 is 0 Å². The minimum atomic E-state index is -3.59. The van der Waals surface area contributed by atoms with Gasteiger partial charge >= 0.3 is 0 Å². The van der Waals surface area contributed by atoms with Crippen LogP contribution in [0.1, 0.15) is 37.8 Å². The molecule has 32 heavy (non-hydrogen) atoms. The number of nitrogens with zero attached hydrogens (tertiary/aromatic N) is 2. The van der Waals surface area contributed by atoms with Gasteiger partial charge < -0.3 is 15.5 Å². The second-order valence-electron chi connectivity index (χ2n) is 7.98. The molecule has 0 saturated carbocycles. The third kappa shape index (κ3) is 5.36. The van der Waals surface area contributed by atoms with Gasteiger partial charge in [0.15, 0.2) is 5.11 Å². The van der Waals surface area contributed by atoms with Crippen LogP contribution < -0.4 is 15.5 Å². The van der Waals surface area contributed by atoms with Crippen molar-refractivity contribution in [2.75, 3.05) is 41.7 Å². The standard InChI is InChI=1S/C23H31ClN4O2S2/c1-5-28(6-2)32(29,30)18-9-10-21(27-11-7-8-12-27)20(15-18)25-23(31)26-22-17(4)13-16(3)14-19(22)24/h9-10,13-15H,5-8,11-12H2,1-4H3,(H2,25,26,31). The molecule has 0 spiro atoms. The summed E-state index contributed by atoms with van der Waals surface area (Å²) >= 11 is 12.0. The lowest BCUT2D eigenvalue weighted by Gasteiger charge is -2.25. The van der Waals surface area contributed by atoms with Gasteiger partial charge in [-0.1, -0.05) is 31.5 Å². The number of hydrogen-bond donors (Lipinski definition) is 2. The summed E-state index contributed by atoms with van der Waals surface area (Å²) in [6, 6.07) is 9.15. The van der Waals surface area contributed by atoms with Crippen LogP contribution in [0.3, 0.4) is 0 Å². The molecule has 0 unspecified atom stereocenters. The number of benzene rings is 2. The number of anilines is 3. The molecular weight excluding hydrogens is 464 g/mol. The van der Waals surface area contributed by atoms with Crippen molar-refractivity contribution in [1.29, 1.82) is 0 Å². The Balaban J connectivity index is 1.95. The molecule has 1 aliphatic rings. The zero-order valence-corrected chi connectivity index (χ0v) is 21.4. The summed E-state index contributed by atoms with van der Waals surface area (Å²) in [6.07, 6.45) is 2.22. The van der Waals surface area contributed by atoms with Gasteiger partial charge in [-0.25, -0.2) is 8.42 Å². The minimum Gasteiger partial charge on any atom is -0.370 e. The molecule has 6 nitrogen and oxygen atoms in total. The Labute approximate surface area is 202 Å². The molecule has 0 radical (unpaired) electrons. The smallest absolute Gasteiger partial charge is 0.243 e. The second kappa shape index (κ2) is 10.4. The van der Waals surface area contributed by atoms with E-state index in [-0.39, 0.29) is 4.90 Å². The Morgan fingerprint density at radius 2 is 1.75 bits per heavy atom. The molecule has 0 bridgehead atoms. The van der Waals surface area contributed by atoms with E-state index in [2.05, 4.69) is 15.5 Å². The van der Waals surface area contributed by atoms with Crippen molar-refractivity contribution in [2.24, 2.45) is 0 Å². The molecule has 1 heterocycles. The maximum Gasteiger partial charge on any atom is 0.243 e. The van der Waals surface area contributed by atoms with Crippen LogP contribution in [0.5, 0.6) is 0 Å². The van der Waals surface area contributed by atoms with Gasteiger partial charge in [0.05, 0.1) is 27.0 Å². The average molecular weight is 495 g/mol. The first-order valence-electron chi connectivity index (χ1n) is 10.9. The highest BCUT2D eigenvalue weighted by Gasteiger charge is 2.24. The molecule has 2 aromatic rings. The average Bonchev–Trinajstić information content (AvgIpc) is 3.26. The summed E-state index contributed by atoms with van der Waals surface area (Å²) in [5, 5.41) is 7.36. The molecule has 0 amide bonds. The Hall–Kier alpha value is -1.87. The van der Waals surface area contributed by atoms with Crippen molar-refractivity contribution in [3.63, 3.8) is 0 Å². The largest absolute Gasteiger partial charge is 0.370 e. The number of halogens is 1. The molecule has 1 fully saturated rings. The number of rotatable bonds is 7. The van der Waals surface area contributed by atoms with Gasteiger partial charge in [-0.2, -0.15) is 4.31 Å². The molecule has 174 valence electrons. The molecule has 0 atom stereocenters. The maximum absolute atomic E-state index is 13.1. The van der Waals surface area contributed by atoms with E-state index in [0.29, 0.717) is 28.9 Å². The van der Waals surface area contributed by atoms with E-state index < -0.39 is 10.0 Å². The molecular formula is C23H31ClN4O2S2. The number of nitrogens with one attached hydrogen (secondary N) is 2. The van der Waals surface area contributed by atoms with Gasteiger partial charge in [-0.3, -0.25) is 0 Å². The minimum absolute atomic E-state index is 0.249. The van der Waals surface area contributed by atoms with E-state index in [4.69, 9.17) is 23.8 Å². The van der Waals surface area contributed by atoms with Crippen molar-refractivity contribution in [2.45, 2.75) is 45.4 Å². The third-order valence-electron chi connectivity index (χ3n) is 5.68. The van der Waals surface area contributed by atoms with Crippen LogP contribution in [0.2, 0.25) is 5.02 Å². The van der Waals surface area contributed by atoms with Crippen molar-refractivity contribution in [1.82, 2.24) is 4.31 Å². The number of thiocarbonyl (C=S) groups is 1. The van der Waals surface area contributed by atoms with Crippen molar-refractivity contribution in [3.05, 3.63) is 46.5 Å². The Kier molecular flexibility index (Phi) is 8.03. The first-order valence-corrected chi connectivity index (χ1v) is 13.1. The quantitative estimate of drug-likeness (QED) is 0.502. The normalized spacial score (nSPS) is 14.1. The van der Waals surface area contributed by atoms with Crippen LogP contribution in [0.15, 0.2) is 35.2 Å². The molecule has 2 aromatic carbocycles. The van der Waals surface area contributed by atoms with Crippen LogP contribution in [0, 0.1) is 13.8 Å². The molecule has 1 aliphatic heterocycles. The molecule has 0 aliphatic carbocycles. The van der Waals surface area contributed by atoms with Crippen LogP contribution >= 0.6 is 23.8 Å². The number of hydrogen-bond acceptors (Lipinski definition) is 4. The highest BCUT2D eigenvalue weighted by Crippen LogP contribution is 2.33. The highest BCUT2D eigenvalue weighted by molar-refractivity contribution is 7.89. The van der Waals surface area contributed by atoms with E-state index in [1.54, 1.807) is 12.1 Å².